The maximum atomic E-state index is 13.3. The number of carboxylic acid groups (broad SMARTS) is 1. The molecule has 13 heavy (non-hydrogen) atoms. The highest BCUT2D eigenvalue weighted by atomic mass is 19.3. The van der Waals surface area contributed by atoms with Crippen LogP contribution in [0.2, 0.25) is 0 Å². The number of hydrogen-bond donors (Lipinski definition) is 1. The van der Waals surface area contributed by atoms with E-state index in [1.165, 1.54) is 25.8 Å². The van der Waals surface area contributed by atoms with E-state index in [2.05, 4.69) is 0 Å². The SMILES string of the molecule is CN1CC(F)(F)C(C)(C)[C@H]1C(=O)O. The molecule has 1 saturated heterocycles. The summed E-state index contributed by atoms with van der Waals surface area (Å²) in [6.45, 7) is 2.08. The van der Waals surface area contributed by atoms with Crippen molar-refractivity contribution in [3.05, 3.63) is 0 Å². The summed E-state index contributed by atoms with van der Waals surface area (Å²) in [4.78, 5) is 11.9. The quantitative estimate of drug-likeness (QED) is 0.676. The predicted octanol–water partition coefficient (Wildman–Crippen LogP) is 1.05. The predicted molar refractivity (Wildman–Crippen MR) is 42.8 cm³/mol. The van der Waals surface area contributed by atoms with Crippen LogP contribution in [0.3, 0.4) is 0 Å². The molecule has 0 amide bonds. The molecule has 0 radical (unpaired) electrons. The number of likely N-dealkylation sites (tertiary alicyclic amines) is 1. The van der Waals surface area contributed by atoms with Crippen LogP contribution in [0.25, 0.3) is 0 Å². The molecule has 1 N–H and O–H groups in total. The molecule has 0 aromatic heterocycles. The smallest absolute Gasteiger partial charge is 0.321 e. The van der Waals surface area contributed by atoms with E-state index in [9.17, 15) is 13.6 Å². The van der Waals surface area contributed by atoms with Crippen molar-refractivity contribution in [1.29, 1.82) is 0 Å². The summed E-state index contributed by atoms with van der Waals surface area (Å²) in [6.07, 6.45) is 0. The van der Waals surface area contributed by atoms with E-state index in [1.807, 2.05) is 0 Å². The standard InChI is InChI=1S/C8H13F2NO2/c1-7(2)5(6(12)13)11(3)4-8(7,9)10/h5H,4H2,1-3H3,(H,12,13)/t5-/m1/s1. The minimum atomic E-state index is -2.94. The zero-order valence-corrected chi connectivity index (χ0v) is 7.84. The van der Waals surface area contributed by atoms with Gasteiger partial charge in [-0.05, 0) is 7.05 Å². The van der Waals surface area contributed by atoms with Crippen LogP contribution in [0.5, 0.6) is 0 Å². The second-order valence-corrected chi connectivity index (χ2v) is 4.08. The summed E-state index contributed by atoms with van der Waals surface area (Å²) in [7, 11) is 1.40. The summed E-state index contributed by atoms with van der Waals surface area (Å²) in [5, 5.41) is 8.78. The molecule has 76 valence electrons. The summed E-state index contributed by atoms with van der Waals surface area (Å²) in [5.74, 6) is -4.13. The van der Waals surface area contributed by atoms with E-state index in [4.69, 9.17) is 5.11 Å². The first-order valence-corrected chi connectivity index (χ1v) is 4.01. The van der Waals surface area contributed by atoms with Crippen LogP contribution in [0.4, 0.5) is 8.78 Å². The lowest BCUT2D eigenvalue weighted by atomic mass is 9.82. The second kappa shape index (κ2) is 2.64. The Hall–Kier alpha value is -0.710. The maximum absolute atomic E-state index is 13.3. The van der Waals surface area contributed by atoms with E-state index in [0.29, 0.717) is 0 Å². The van der Waals surface area contributed by atoms with Gasteiger partial charge >= 0.3 is 5.97 Å². The second-order valence-electron chi connectivity index (χ2n) is 4.08. The average Bonchev–Trinajstić information content (AvgIpc) is 1.96. The molecule has 0 unspecified atom stereocenters. The fourth-order valence-corrected chi connectivity index (χ4v) is 1.86. The number of hydrogen-bond acceptors (Lipinski definition) is 2. The van der Waals surface area contributed by atoms with Crippen LogP contribution in [0, 0.1) is 5.41 Å². The molecule has 1 heterocycles. The molecule has 0 aromatic carbocycles. The van der Waals surface area contributed by atoms with Gasteiger partial charge in [0, 0.05) is 0 Å². The van der Waals surface area contributed by atoms with Crippen molar-refractivity contribution in [3.8, 4) is 0 Å². The third kappa shape index (κ3) is 1.31. The van der Waals surface area contributed by atoms with Crippen molar-refractivity contribution in [2.75, 3.05) is 13.6 Å². The number of likely N-dealkylation sites (N-methyl/N-ethyl adjacent to an activating group) is 1. The van der Waals surface area contributed by atoms with E-state index < -0.39 is 29.9 Å². The molecule has 1 aliphatic heterocycles. The minimum Gasteiger partial charge on any atom is -0.480 e. The van der Waals surface area contributed by atoms with Gasteiger partial charge in [0.2, 0.25) is 0 Å². The third-order valence-corrected chi connectivity index (χ3v) is 2.75. The number of carbonyl (C=O) groups is 1. The largest absolute Gasteiger partial charge is 0.480 e. The van der Waals surface area contributed by atoms with Gasteiger partial charge in [0.25, 0.3) is 5.92 Å². The summed E-state index contributed by atoms with van der Waals surface area (Å²) in [5.41, 5.74) is -1.51. The number of nitrogens with zero attached hydrogens (tertiary/aromatic N) is 1. The number of aliphatic carboxylic acids is 1. The molecule has 0 aliphatic carbocycles. The Kier molecular flexibility index (Phi) is 2.10. The van der Waals surface area contributed by atoms with Gasteiger partial charge in [0.05, 0.1) is 12.0 Å². The van der Waals surface area contributed by atoms with Gasteiger partial charge in [-0.2, -0.15) is 0 Å². The summed E-state index contributed by atoms with van der Waals surface area (Å²) >= 11 is 0. The van der Waals surface area contributed by atoms with Gasteiger partial charge in [-0.15, -0.1) is 0 Å². The van der Waals surface area contributed by atoms with Crippen molar-refractivity contribution >= 4 is 5.97 Å². The molecule has 1 atom stereocenters. The van der Waals surface area contributed by atoms with E-state index >= 15 is 0 Å². The lowest BCUT2D eigenvalue weighted by molar-refractivity contribution is -0.148. The van der Waals surface area contributed by atoms with E-state index in [1.54, 1.807) is 0 Å². The highest BCUT2D eigenvalue weighted by Gasteiger charge is 2.61. The van der Waals surface area contributed by atoms with Crippen LogP contribution in [0.15, 0.2) is 0 Å². The van der Waals surface area contributed by atoms with Crippen molar-refractivity contribution < 1.29 is 18.7 Å². The first-order chi connectivity index (χ1) is 5.70. The van der Waals surface area contributed by atoms with Gasteiger partial charge in [0.1, 0.15) is 6.04 Å². The van der Waals surface area contributed by atoms with Crippen LogP contribution >= 0.6 is 0 Å². The van der Waals surface area contributed by atoms with Crippen molar-refractivity contribution in [2.45, 2.75) is 25.8 Å². The molecular formula is C8H13F2NO2. The fourth-order valence-electron chi connectivity index (χ4n) is 1.86. The molecule has 1 rings (SSSR count). The van der Waals surface area contributed by atoms with Crippen LogP contribution in [-0.2, 0) is 4.79 Å². The first-order valence-electron chi connectivity index (χ1n) is 4.01. The Morgan fingerprint density at radius 3 is 2.15 bits per heavy atom. The van der Waals surface area contributed by atoms with Gasteiger partial charge in [0.15, 0.2) is 0 Å². The molecule has 0 bridgehead atoms. The molecule has 3 nitrogen and oxygen atoms in total. The van der Waals surface area contributed by atoms with Gasteiger partial charge in [-0.25, -0.2) is 8.78 Å². The molecule has 5 heteroatoms. The Morgan fingerprint density at radius 2 is 2.00 bits per heavy atom. The Bertz CT molecular complexity index is 240. The summed E-state index contributed by atoms with van der Waals surface area (Å²) < 4.78 is 26.6. The highest BCUT2D eigenvalue weighted by Crippen LogP contribution is 2.46. The fraction of sp³-hybridized carbons (Fsp3) is 0.875. The number of carboxylic acids is 1. The van der Waals surface area contributed by atoms with E-state index in [0.717, 1.165) is 0 Å². The van der Waals surface area contributed by atoms with Gasteiger partial charge < -0.3 is 5.11 Å². The minimum absolute atomic E-state index is 0.489. The molecule has 1 aliphatic rings. The average molecular weight is 193 g/mol. The maximum Gasteiger partial charge on any atom is 0.321 e. The van der Waals surface area contributed by atoms with Crippen molar-refractivity contribution in [2.24, 2.45) is 5.41 Å². The number of rotatable bonds is 1. The number of halogens is 2. The highest BCUT2D eigenvalue weighted by molar-refractivity contribution is 5.75. The Labute approximate surface area is 75.3 Å². The lowest BCUT2D eigenvalue weighted by Crippen LogP contribution is -2.45. The van der Waals surface area contributed by atoms with Crippen LogP contribution in [0.1, 0.15) is 13.8 Å². The molecule has 0 saturated carbocycles. The molecule has 0 aromatic rings. The summed E-state index contributed by atoms with van der Waals surface area (Å²) in [6, 6.07) is -1.11. The van der Waals surface area contributed by atoms with Crippen LogP contribution < -0.4 is 0 Å². The zero-order chi connectivity index (χ0) is 10.4. The lowest BCUT2D eigenvalue weighted by Gasteiger charge is -2.29. The van der Waals surface area contributed by atoms with Gasteiger partial charge in [-0.1, -0.05) is 13.8 Å². The topological polar surface area (TPSA) is 40.5 Å². The zero-order valence-electron chi connectivity index (χ0n) is 7.84. The Balaban J connectivity index is 3.05. The normalized spacial score (nSPS) is 31.9. The van der Waals surface area contributed by atoms with Crippen molar-refractivity contribution in [1.82, 2.24) is 4.90 Å². The molecule has 1 fully saturated rings. The molecule has 0 spiro atoms. The number of alkyl halides is 2. The first kappa shape index (κ1) is 10.4. The van der Waals surface area contributed by atoms with Crippen LogP contribution in [-0.4, -0.2) is 41.5 Å². The Morgan fingerprint density at radius 1 is 1.54 bits per heavy atom. The van der Waals surface area contributed by atoms with Crippen molar-refractivity contribution in [3.63, 3.8) is 0 Å². The third-order valence-electron chi connectivity index (χ3n) is 2.75. The van der Waals surface area contributed by atoms with Gasteiger partial charge in [-0.3, -0.25) is 9.69 Å². The monoisotopic (exact) mass is 193 g/mol. The van der Waals surface area contributed by atoms with E-state index in [-0.39, 0.29) is 0 Å². The molecular weight excluding hydrogens is 180 g/mol.